The summed E-state index contributed by atoms with van der Waals surface area (Å²) in [5.41, 5.74) is 6.45. The number of ether oxygens (including phenoxy) is 1. The third kappa shape index (κ3) is 3.58. The van der Waals surface area contributed by atoms with E-state index >= 15 is 0 Å². The van der Waals surface area contributed by atoms with Gasteiger partial charge in [-0.05, 0) is 13.0 Å². The molecule has 11 nitrogen and oxygen atoms in total. The van der Waals surface area contributed by atoms with Crippen LogP contribution in [0.15, 0.2) is 29.8 Å². The highest BCUT2D eigenvalue weighted by atomic mass is 32.2. The fourth-order valence-corrected chi connectivity index (χ4v) is 4.35. The first-order chi connectivity index (χ1) is 14.3. The van der Waals surface area contributed by atoms with E-state index in [1.54, 1.807) is 0 Å². The fraction of sp³-hybridized carbons (Fsp3) is 0.294. The van der Waals surface area contributed by atoms with Crippen LogP contribution >= 0.6 is 0 Å². The van der Waals surface area contributed by atoms with E-state index in [0.29, 0.717) is 11.2 Å². The summed E-state index contributed by atoms with van der Waals surface area (Å²) in [5, 5.41) is 2.03. The molecule has 0 radical (unpaired) electrons. The van der Waals surface area contributed by atoms with E-state index in [1.807, 2.05) is 0 Å². The minimum atomic E-state index is -3.55. The standard InChI is InChI=1S/C17H17FN8O3S/c1-8-15(19)24-11(6-30(8,27)28)9-3-12(20-4-10(9)18)25-16-14-17(23-7-22-16)26-13(29-2)5-21-14/h3-5,7-8,11H,6H2,1-2H3,(H2,19,24)(H,20,22,23,25,26). The second-order valence-corrected chi connectivity index (χ2v) is 8.93. The lowest BCUT2D eigenvalue weighted by Crippen LogP contribution is -2.40. The van der Waals surface area contributed by atoms with Gasteiger partial charge in [-0.1, -0.05) is 0 Å². The lowest BCUT2D eigenvalue weighted by molar-refractivity contribution is 0.397. The maximum atomic E-state index is 14.4. The lowest BCUT2D eigenvalue weighted by Gasteiger charge is -2.24. The summed E-state index contributed by atoms with van der Waals surface area (Å²) in [5.74, 6) is -0.303. The molecule has 3 aromatic rings. The van der Waals surface area contributed by atoms with E-state index in [-0.39, 0.29) is 34.7 Å². The minimum Gasteiger partial charge on any atom is -0.480 e. The van der Waals surface area contributed by atoms with Crippen LogP contribution in [0, 0.1) is 5.82 Å². The predicted molar refractivity (Wildman–Crippen MR) is 107 cm³/mol. The average Bonchev–Trinajstić information content (AvgIpc) is 2.72. The Kier molecular flexibility index (Phi) is 4.89. The third-order valence-corrected chi connectivity index (χ3v) is 6.77. The molecule has 0 amide bonds. The summed E-state index contributed by atoms with van der Waals surface area (Å²) >= 11 is 0. The highest BCUT2D eigenvalue weighted by molar-refractivity contribution is 7.92. The normalized spacial score (nSPS) is 20.6. The Morgan fingerprint density at radius 2 is 2.03 bits per heavy atom. The Hall–Kier alpha value is -3.48. The van der Waals surface area contributed by atoms with Gasteiger partial charge in [-0.25, -0.2) is 32.7 Å². The molecule has 4 heterocycles. The third-order valence-electron chi connectivity index (χ3n) is 4.67. The van der Waals surface area contributed by atoms with Gasteiger partial charge < -0.3 is 15.8 Å². The number of pyridine rings is 1. The number of hydrogen-bond acceptors (Lipinski definition) is 11. The van der Waals surface area contributed by atoms with E-state index in [4.69, 9.17) is 10.5 Å². The van der Waals surface area contributed by atoms with Gasteiger partial charge in [0.1, 0.15) is 29.0 Å². The molecule has 0 saturated carbocycles. The smallest absolute Gasteiger partial charge is 0.234 e. The maximum Gasteiger partial charge on any atom is 0.234 e. The molecule has 0 aliphatic carbocycles. The molecule has 3 aromatic heterocycles. The molecule has 1 aliphatic heterocycles. The summed E-state index contributed by atoms with van der Waals surface area (Å²) in [6.45, 7) is 1.45. The summed E-state index contributed by atoms with van der Waals surface area (Å²) in [4.78, 5) is 24.7. The summed E-state index contributed by atoms with van der Waals surface area (Å²) in [6.07, 6.45) is 3.67. The molecular weight excluding hydrogens is 415 g/mol. The van der Waals surface area contributed by atoms with Crippen molar-refractivity contribution in [3.8, 4) is 5.88 Å². The first-order valence-corrected chi connectivity index (χ1v) is 10.5. The van der Waals surface area contributed by atoms with Crippen molar-refractivity contribution < 1.29 is 17.5 Å². The van der Waals surface area contributed by atoms with Crippen LogP contribution in [0.5, 0.6) is 5.88 Å². The molecule has 3 N–H and O–H groups in total. The number of nitrogens with two attached hydrogens (primary N) is 1. The summed E-state index contributed by atoms with van der Waals surface area (Å²) < 4.78 is 44.1. The molecule has 0 fully saturated rings. The van der Waals surface area contributed by atoms with Crippen molar-refractivity contribution in [1.29, 1.82) is 0 Å². The van der Waals surface area contributed by atoms with Crippen LogP contribution in [-0.2, 0) is 9.84 Å². The Labute approximate surface area is 170 Å². The molecule has 2 atom stereocenters. The zero-order chi connectivity index (χ0) is 21.5. The van der Waals surface area contributed by atoms with Crippen molar-refractivity contribution in [3.05, 3.63) is 36.2 Å². The van der Waals surface area contributed by atoms with E-state index in [1.165, 1.54) is 32.6 Å². The van der Waals surface area contributed by atoms with Gasteiger partial charge >= 0.3 is 0 Å². The van der Waals surface area contributed by atoms with Gasteiger partial charge in [0.2, 0.25) is 5.88 Å². The molecule has 30 heavy (non-hydrogen) atoms. The Morgan fingerprint density at radius 1 is 1.23 bits per heavy atom. The zero-order valence-electron chi connectivity index (χ0n) is 15.9. The quantitative estimate of drug-likeness (QED) is 0.607. The van der Waals surface area contributed by atoms with Gasteiger partial charge in [-0.15, -0.1) is 0 Å². The molecule has 0 bridgehead atoms. The van der Waals surface area contributed by atoms with Crippen LogP contribution in [0.1, 0.15) is 18.5 Å². The van der Waals surface area contributed by atoms with Crippen LogP contribution in [-0.4, -0.2) is 57.3 Å². The molecule has 1 aliphatic rings. The molecule has 156 valence electrons. The number of aromatic nitrogens is 5. The van der Waals surface area contributed by atoms with Gasteiger partial charge in [0.25, 0.3) is 0 Å². The van der Waals surface area contributed by atoms with E-state index in [9.17, 15) is 12.8 Å². The Bertz CT molecular complexity index is 1270. The molecule has 0 spiro atoms. The van der Waals surface area contributed by atoms with E-state index in [2.05, 4.69) is 35.2 Å². The van der Waals surface area contributed by atoms with Crippen molar-refractivity contribution in [3.63, 3.8) is 0 Å². The topological polar surface area (TPSA) is 158 Å². The number of amidine groups is 1. The number of rotatable bonds is 4. The molecule has 13 heteroatoms. The van der Waals surface area contributed by atoms with Gasteiger partial charge in [0, 0.05) is 5.56 Å². The van der Waals surface area contributed by atoms with Gasteiger partial charge in [-0.2, -0.15) is 4.98 Å². The molecule has 0 aromatic carbocycles. The second kappa shape index (κ2) is 7.40. The number of methoxy groups -OCH3 is 1. The van der Waals surface area contributed by atoms with Crippen LogP contribution in [0.2, 0.25) is 0 Å². The van der Waals surface area contributed by atoms with Gasteiger partial charge in [0.05, 0.1) is 31.3 Å². The van der Waals surface area contributed by atoms with E-state index < -0.39 is 26.9 Å². The van der Waals surface area contributed by atoms with Crippen LogP contribution < -0.4 is 15.8 Å². The SMILES string of the molecule is COc1cnc2c(Nc3cc(C4CS(=O)(=O)C(C)C(N)=N4)c(F)cn3)ncnc2n1. The highest BCUT2D eigenvalue weighted by Gasteiger charge is 2.35. The first kappa shape index (κ1) is 19.8. The number of anilines is 2. The van der Waals surface area contributed by atoms with Crippen molar-refractivity contribution in [2.24, 2.45) is 10.7 Å². The second-order valence-electron chi connectivity index (χ2n) is 6.56. The first-order valence-electron chi connectivity index (χ1n) is 8.77. The van der Waals surface area contributed by atoms with Crippen LogP contribution in [0.4, 0.5) is 16.0 Å². The number of hydrogen-bond donors (Lipinski definition) is 2. The van der Waals surface area contributed by atoms with Crippen LogP contribution in [0.25, 0.3) is 11.2 Å². The number of sulfone groups is 1. The number of nitrogens with zero attached hydrogens (tertiary/aromatic N) is 6. The van der Waals surface area contributed by atoms with Crippen LogP contribution in [0.3, 0.4) is 0 Å². The van der Waals surface area contributed by atoms with Crippen molar-refractivity contribution in [2.75, 3.05) is 18.2 Å². The molecular formula is C17H17FN8O3S. The van der Waals surface area contributed by atoms with Crippen molar-refractivity contribution >= 4 is 38.5 Å². The monoisotopic (exact) mass is 432 g/mol. The van der Waals surface area contributed by atoms with Crippen molar-refractivity contribution in [1.82, 2.24) is 24.9 Å². The Balaban J connectivity index is 1.71. The highest BCUT2D eigenvalue weighted by Crippen LogP contribution is 2.30. The lowest BCUT2D eigenvalue weighted by atomic mass is 10.1. The minimum absolute atomic E-state index is 0.0528. The maximum absolute atomic E-state index is 14.4. The summed E-state index contributed by atoms with van der Waals surface area (Å²) in [7, 11) is -2.09. The largest absolute Gasteiger partial charge is 0.480 e. The number of fused-ring (bicyclic) bond motifs is 1. The number of halogens is 1. The predicted octanol–water partition coefficient (Wildman–Crippen LogP) is 0.921. The number of nitrogens with one attached hydrogen (secondary N) is 1. The average molecular weight is 432 g/mol. The summed E-state index contributed by atoms with van der Waals surface area (Å²) in [6, 6.07) is 0.397. The Morgan fingerprint density at radius 3 is 2.77 bits per heavy atom. The molecule has 4 rings (SSSR count). The zero-order valence-corrected chi connectivity index (χ0v) is 16.8. The molecule has 2 unspecified atom stereocenters. The molecule has 0 saturated heterocycles. The van der Waals surface area contributed by atoms with E-state index in [0.717, 1.165) is 6.20 Å². The van der Waals surface area contributed by atoms with Gasteiger partial charge in [-0.3, -0.25) is 4.99 Å². The fourth-order valence-electron chi connectivity index (χ4n) is 2.94. The van der Waals surface area contributed by atoms with Gasteiger partial charge in [0.15, 0.2) is 26.8 Å². The number of aliphatic imine (C=N–C) groups is 1. The van der Waals surface area contributed by atoms with Crippen molar-refractivity contribution in [2.45, 2.75) is 18.2 Å².